The molecule has 0 radical (unpaired) electrons. The number of benzene rings is 8. The summed E-state index contributed by atoms with van der Waals surface area (Å²) in [6.45, 7) is 13.2. The number of anilines is 3. The lowest BCUT2D eigenvalue weighted by Crippen LogP contribution is -2.17. The summed E-state index contributed by atoms with van der Waals surface area (Å²) in [7, 11) is 0. The van der Waals surface area contributed by atoms with Gasteiger partial charge < -0.3 is 9.47 Å². The molecule has 56 heavy (non-hydrogen) atoms. The average molecular weight is 725 g/mol. The Morgan fingerprint density at radius 3 is 1.86 bits per heavy atom. The minimum atomic E-state index is -0.232. The highest BCUT2D eigenvalue weighted by Gasteiger charge is 2.38. The van der Waals surface area contributed by atoms with Crippen molar-refractivity contribution < 1.29 is 0 Å². The molecule has 0 atom stereocenters. The van der Waals surface area contributed by atoms with E-state index in [1.165, 1.54) is 88.5 Å². The number of aromatic nitrogens is 1. The van der Waals surface area contributed by atoms with Gasteiger partial charge in [-0.15, -0.1) is 0 Å². The minimum Gasteiger partial charge on any atom is -0.310 e. The summed E-state index contributed by atoms with van der Waals surface area (Å²) in [5.74, 6) is 0. The molecule has 0 fully saturated rings. The van der Waals surface area contributed by atoms with Crippen molar-refractivity contribution in [2.24, 2.45) is 0 Å². The summed E-state index contributed by atoms with van der Waals surface area (Å²) in [5.41, 5.74) is 17.4. The summed E-state index contributed by atoms with van der Waals surface area (Å²) < 4.78 is 2.47. The fourth-order valence-electron chi connectivity index (χ4n) is 8.99. The van der Waals surface area contributed by atoms with Crippen LogP contribution < -0.4 is 4.90 Å². The zero-order valence-electron chi connectivity index (χ0n) is 33.3. The molecule has 0 aliphatic heterocycles. The van der Waals surface area contributed by atoms with Crippen molar-refractivity contribution in [1.29, 1.82) is 0 Å². The first-order valence-electron chi connectivity index (χ1n) is 20.2. The van der Waals surface area contributed by atoms with Gasteiger partial charge in [0, 0.05) is 38.6 Å². The quantitative estimate of drug-likeness (QED) is 0.166. The van der Waals surface area contributed by atoms with Crippen molar-refractivity contribution >= 4 is 49.6 Å². The van der Waals surface area contributed by atoms with Gasteiger partial charge in [0.2, 0.25) is 0 Å². The molecular weight excluding hydrogens is 677 g/mol. The van der Waals surface area contributed by atoms with Gasteiger partial charge in [0.1, 0.15) is 0 Å². The van der Waals surface area contributed by atoms with Crippen LogP contribution in [0.2, 0.25) is 0 Å². The van der Waals surface area contributed by atoms with E-state index in [9.17, 15) is 0 Å². The van der Waals surface area contributed by atoms with E-state index in [2.05, 4.69) is 207 Å². The van der Waals surface area contributed by atoms with Crippen molar-refractivity contribution in [3.05, 3.63) is 192 Å². The van der Waals surface area contributed by atoms with Crippen LogP contribution in [-0.4, -0.2) is 4.57 Å². The predicted octanol–water partition coefficient (Wildman–Crippen LogP) is 15.3. The molecule has 10 rings (SSSR count). The van der Waals surface area contributed by atoms with Gasteiger partial charge in [0.15, 0.2) is 0 Å². The zero-order chi connectivity index (χ0) is 38.6. The van der Waals surface area contributed by atoms with Crippen molar-refractivity contribution in [2.45, 2.75) is 53.4 Å². The van der Waals surface area contributed by atoms with Crippen LogP contribution >= 0.6 is 0 Å². The van der Waals surface area contributed by atoms with E-state index in [0.717, 1.165) is 17.8 Å². The number of hydrogen-bond donors (Lipinski definition) is 0. The maximum absolute atomic E-state index is 2.48. The molecule has 0 amide bonds. The Morgan fingerprint density at radius 2 is 1.14 bits per heavy atom. The first-order valence-corrected chi connectivity index (χ1v) is 20.2. The molecule has 0 bridgehead atoms. The second kappa shape index (κ2) is 14.0. The lowest BCUT2D eigenvalue weighted by atomic mass is 9.81. The zero-order valence-corrected chi connectivity index (χ0v) is 33.3. The Labute approximate surface area is 331 Å². The second-order valence-corrected chi connectivity index (χ2v) is 15.4. The number of para-hydroxylation sites is 1. The smallest absolute Gasteiger partial charge is 0.0543 e. The molecule has 1 aromatic heterocycles. The number of fused-ring (bicyclic) bond motifs is 8. The Morgan fingerprint density at radius 1 is 0.518 bits per heavy atom. The largest absolute Gasteiger partial charge is 0.310 e. The van der Waals surface area contributed by atoms with Gasteiger partial charge in [-0.1, -0.05) is 143 Å². The molecule has 0 saturated heterocycles. The molecule has 1 heterocycles. The Hall–Kier alpha value is -6.38. The van der Waals surface area contributed by atoms with Gasteiger partial charge in [0.25, 0.3) is 0 Å². The summed E-state index contributed by atoms with van der Waals surface area (Å²) >= 11 is 0. The molecule has 0 N–H and O–H groups in total. The van der Waals surface area contributed by atoms with E-state index in [-0.39, 0.29) is 5.41 Å². The van der Waals surface area contributed by atoms with Gasteiger partial charge in [-0.25, -0.2) is 0 Å². The molecule has 0 saturated carbocycles. The van der Waals surface area contributed by atoms with Gasteiger partial charge in [-0.3, -0.25) is 0 Å². The topological polar surface area (TPSA) is 8.17 Å². The number of nitrogens with zero attached hydrogens (tertiary/aromatic N) is 2. The third-order valence-electron chi connectivity index (χ3n) is 11.8. The fraction of sp³-hybridized carbons (Fsp3) is 0.148. The highest BCUT2D eigenvalue weighted by Crippen LogP contribution is 2.55. The van der Waals surface area contributed by atoms with Crippen LogP contribution in [-0.2, 0) is 11.8 Å². The molecule has 9 aromatic rings. The summed E-state index contributed by atoms with van der Waals surface area (Å²) in [6.07, 6.45) is 1.02. The molecule has 2 heteroatoms. The molecule has 1 aliphatic carbocycles. The van der Waals surface area contributed by atoms with Crippen LogP contribution in [0, 0.1) is 6.92 Å². The Bertz CT molecular complexity index is 2880. The minimum absolute atomic E-state index is 0.232. The molecule has 0 unspecified atom stereocenters. The van der Waals surface area contributed by atoms with Crippen LogP contribution in [0.15, 0.2) is 170 Å². The monoisotopic (exact) mass is 724 g/mol. The highest BCUT2D eigenvalue weighted by molar-refractivity contribution is 6.12. The van der Waals surface area contributed by atoms with Gasteiger partial charge in [-0.05, 0) is 124 Å². The lowest BCUT2D eigenvalue weighted by Gasteiger charge is -2.30. The van der Waals surface area contributed by atoms with Crippen LogP contribution in [0.4, 0.5) is 17.1 Å². The maximum atomic E-state index is 2.48. The molecule has 274 valence electrons. The predicted molar refractivity (Wildman–Crippen MR) is 241 cm³/mol. The molecular formula is C54H48N2. The van der Waals surface area contributed by atoms with Gasteiger partial charge >= 0.3 is 0 Å². The fourth-order valence-corrected chi connectivity index (χ4v) is 8.99. The van der Waals surface area contributed by atoms with Crippen LogP contribution in [0.25, 0.3) is 60.5 Å². The van der Waals surface area contributed by atoms with E-state index in [1.54, 1.807) is 0 Å². The van der Waals surface area contributed by atoms with Crippen LogP contribution in [0.3, 0.4) is 0 Å². The number of hydrogen-bond acceptors (Lipinski definition) is 1. The summed E-state index contributed by atoms with van der Waals surface area (Å²) in [4.78, 5) is 2.44. The van der Waals surface area contributed by atoms with Crippen molar-refractivity contribution in [1.82, 2.24) is 4.57 Å². The number of rotatable bonds is 6. The molecule has 1 aliphatic rings. The van der Waals surface area contributed by atoms with Crippen molar-refractivity contribution in [3.63, 3.8) is 0 Å². The van der Waals surface area contributed by atoms with Crippen LogP contribution in [0.5, 0.6) is 0 Å². The standard InChI is InChI=1S/C52H42N2.C2H6/c1-5-35-21-24-39(25-22-35)53(38-16-10-7-11-17-38)50-33-47-51(42-19-13-12-18-41(42)50)43-27-26-40(32-46(43)52(47,3)4)54-48-28-20-34(2)30-44(48)45-31-37(23-29-49(45)54)36-14-8-6-9-15-36;1-2/h6-33H,5H2,1-4H3;1-2H3. The van der Waals surface area contributed by atoms with E-state index in [4.69, 9.17) is 0 Å². The normalized spacial score (nSPS) is 12.7. The molecule has 0 spiro atoms. The van der Waals surface area contributed by atoms with E-state index in [0.29, 0.717) is 0 Å². The molecule has 2 nitrogen and oxygen atoms in total. The van der Waals surface area contributed by atoms with Crippen LogP contribution in [0.1, 0.15) is 56.9 Å². The van der Waals surface area contributed by atoms with Crippen molar-refractivity contribution in [3.8, 4) is 27.9 Å². The van der Waals surface area contributed by atoms with Crippen molar-refractivity contribution in [2.75, 3.05) is 4.90 Å². The summed E-state index contributed by atoms with van der Waals surface area (Å²) in [5, 5.41) is 5.10. The van der Waals surface area contributed by atoms with Gasteiger partial charge in [0.05, 0.1) is 16.7 Å². The van der Waals surface area contributed by atoms with E-state index < -0.39 is 0 Å². The van der Waals surface area contributed by atoms with E-state index >= 15 is 0 Å². The lowest BCUT2D eigenvalue weighted by molar-refractivity contribution is 0.660. The first-order chi connectivity index (χ1) is 27.4. The van der Waals surface area contributed by atoms with E-state index in [1.807, 2.05) is 13.8 Å². The molecule has 8 aromatic carbocycles. The third kappa shape index (κ3) is 5.63. The number of aryl methyl sites for hydroxylation is 2. The third-order valence-corrected chi connectivity index (χ3v) is 11.8. The Kier molecular flexibility index (Phi) is 8.86. The maximum Gasteiger partial charge on any atom is 0.0543 e. The van der Waals surface area contributed by atoms with Gasteiger partial charge in [-0.2, -0.15) is 0 Å². The average Bonchev–Trinajstić information content (AvgIpc) is 3.69. The Balaban J connectivity index is 0.00000202. The SMILES string of the molecule is CC.CCc1ccc(N(c2ccccc2)c2cc3c(c4ccccc24)-c2ccc(-n4c5ccc(C)cc5c5cc(-c6ccccc6)ccc54)cc2C3(C)C)cc1. The first kappa shape index (κ1) is 35.3. The highest BCUT2D eigenvalue weighted by atomic mass is 15.1. The summed E-state index contributed by atoms with van der Waals surface area (Å²) in [6, 6.07) is 63.1. The second-order valence-electron chi connectivity index (χ2n) is 15.4.